The molecule has 1 aromatic rings. The molecule has 6 nitrogen and oxygen atoms in total. The summed E-state index contributed by atoms with van der Waals surface area (Å²) in [5.74, 6) is 1.31. The van der Waals surface area contributed by atoms with E-state index in [9.17, 15) is 14.9 Å². The van der Waals surface area contributed by atoms with Crippen molar-refractivity contribution in [1.29, 1.82) is 5.26 Å². The molecule has 0 N–H and O–H groups in total. The van der Waals surface area contributed by atoms with Crippen molar-refractivity contribution in [3.05, 3.63) is 31.9 Å². The van der Waals surface area contributed by atoms with Gasteiger partial charge in [0.05, 0.1) is 4.91 Å². The molecular weight excluding hydrogens is 416 g/mol. The number of anilines is 1. The van der Waals surface area contributed by atoms with Crippen molar-refractivity contribution < 1.29 is 4.79 Å². The van der Waals surface area contributed by atoms with Crippen LogP contribution in [0.3, 0.4) is 0 Å². The highest BCUT2D eigenvalue weighted by Gasteiger charge is 2.35. The lowest BCUT2D eigenvalue weighted by Gasteiger charge is -2.34. The van der Waals surface area contributed by atoms with Crippen LogP contribution in [0.15, 0.2) is 9.70 Å². The lowest BCUT2D eigenvalue weighted by Crippen LogP contribution is -2.38. The first kappa shape index (κ1) is 22.6. The predicted octanol–water partition coefficient (Wildman–Crippen LogP) is 3.80. The Balaban J connectivity index is 2.16. The van der Waals surface area contributed by atoms with Crippen LogP contribution < -0.4 is 10.5 Å². The second-order valence-electron chi connectivity index (χ2n) is 8.19. The molecule has 2 aliphatic heterocycles. The van der Waals surface area contributed by atoms with E-state index < -0.39 is 0 Å². The zero-order valence-electron chi connectivity index (χ0n) is 18.2. The molecule has 30 heavy (non-hydrogen) atoms. The standard InChI is InChI=1S/C22H28N4O2S2/c1-6-14(3)26-21(28)18(30-22(26)29)11-16-15(4)17(12-23)20(27)24(5)19(16)25-9-7-13(2)8-10-25/h11,13-14H,6-10H2,1-5H3/b18-11+/t14-/m1/s1. The fraction of sp³-hybridized carbons (Fsp3) is 0.545. The quantitative estimate of drug-likeness (QED) is 0.520. The molecule has 0 aromatic carbocycles. The maximum atomic E-state index is 13.1. The van der Waals surface area contributed by atoms with E-state index in [1.54, 1.807) is 23.4 Å². The summed E-state index contributed by atoms with van der Waals surface area (Å²) < 4.78 is 2.11. The number of nitriles is 1. The predicted molar refractivity (Wildman–Crippen MR) is 127 cm³/mol. The van der Waals surface area contributed by atoms with E-state index in [1.165, 1.54) is 11.8 Å². The molecule has 8 heteroatoms. The van der Waals surface area contributed by atoms with Gasteiger partial charge in [0.15, 0.2) is 0 Å². The first-order valence-corrected chi connectivity index (χ1v) is 11.6. The van der Waals surface area contributed by atoms with Crippen molar-refractivity contribution in [3.63, 3.8) is 0 Å². The molecule has 0 aliphatic carbocycles. The van der Waals surface area contributed by atoms with Gasteiger partial charge in [0, 0.05) is 31.7 Å². The molecule has 0 bridgehead atoms. The molecule has 0 radical (unpaired) electrons. The molecule has 1 atom stereocenters. The van der Waals surface area contributed by atoms with Crippen LogP contribution in [-0.4, -0.2) is 38.8 Å². The molecular formula is C22H28N4O2S2. The fourth-order valence-electron chi connectivity index (χ4n) is 3.99. The number of carbonyl (C=O) groups is 1. The van der Waals surface area contributed by atoms with Gasteiger partial charge in [-0.25, -0.2) is 0 Å². The van der Waals surface area contributed by atoms with E-state index >= 15 is 0 Å². The Hall–Kier alpha value is -2.11. The molecule has 2 aliphatic rings. The van der Waals surface area contributed by atoms with Gasteiger partial charge in [-0.05, 0) is 50.7 Å². The molecule has 1 aromatic heterocycles. The Kier molecular flexibility index (Phi) is 6.73. The molecule has 0 unspecified atom stereocenters. The third-order valence-electron chi connectivity index (χ3n) is 6.18. The van der Waals surface area contributed by atoms with Crippen LogP contribution in [-0.2, 0) is 11.8 Å². The Labute approximate surface area is 187 Å². The summed E-state index contributed by atoms with van der Waals surface area (Å²) in [7, 11) is 1.71. The van der Waals surface area contributed by atoms with Crippen molar-refractivity contribution in [2.24, 2.45) is 13.0 Å². The van der Waals surface area contributed by atoms with Crippen LogP contribution in [0.1, 0.15) is 56.7 Å². The van der Waals surface area contributed by atoms with E-state index in [4.69, 9.17) is 12.2 Å². The summed E-state index contributed by atoms with van der Waals surface area (Å²) in [6, 6.07) is 2.08. The number of rotatable bonds is 4. The smallest absolute Gasteiger partial charge is 0.270 e. The lowest BCUT2D eigenvalue weighted by molar-refractivity contribution is -0.123. The van der Waals surface area contributed by atoms with Crippen LogP contribution in [0.25, 0.3) is 6.08 Å². The normalized spacial score (nSPS) is 20.2. The Bertz CT molecular complexity index is 1010. The van der Waals surface area contributed by atoms with E-state index in [0.29, 0.717) is 20.7 Å². The maximum Gasteiger partial charge on any atom is 0.270 e. The van der Waals surface area contributed by atoms with Gasteiger partial charge in [-0.15, -0.1) is 0 Å². The summed E-state index contributed by atoms with van der Waals surface area (Å²) in [6.45, 7) is 9.72. The third-order valence-corrected chi connectivity index (χ3v) is 7.51. The first-order valence-electron chi connectivity index (χ1n) is 10.4. The van der Waals surface area contributed by atoms with Crippen LogP contribution >= 0.6 is 24.0 Å². The van der Waals surface area contributed by atoms with Crippen molar-refractivity contribution >= 4 is 46.1 Å². The van der Waals surface area contributed by atoms with Gasteiger partial charge in [0.25, 0.3) is 11.5 Å². The minimum Gasteiger partial charge on any atom is -0.357 e. The lowest BCUT2D eigenvalue weighted by atomic mass is 9.97. The Morgan fingerprint density at radius 2 is 1.97 bits per heavy atom. The van der Waals surface area contributed by atoms with Gasteiger partial charge < -0.3 is 4.90 Å². The zero-order chi connectivity index (χ0) is 22.2. The average Bonchev–Trinajstić information content (AvgIpc) is 3.00. The van der Waals surface area contributed by atoms with Gasteiger partial charge in [-0.2, -0.15) is 5.26 Å². The Morgan fingerprint density at radius 1 is 1.33 bits per heavy atom. The summed E-state index contributed by atoms with van der Waals surface area (Å²) in [5, 5.41) is 9.59. The summed E-state index contributed by atoms with van der Waals surface area (Å²) in [4.78, 5) is 30.3. The van der Waals surface area contributed by atoms with Crippen molar-refractivity contribution in [3.8, 4) is 6.07 Å². The van der Waals surface area contributed by atoms with E-state index in [-0.39, 0.29) is 23.1 Å². The van der Waals surface area contributed by atoms with Gasteiger partial charge in [0.2, 0.25) is 0 Å². The highest BCUT2D eigenvalue weighted by atomic mass is 32.2. The number of amides is 1. The number of carbonyl (C=O) groups excluding carboxylic acids is 1. The zero-order valence-corrected chi connectivity index (χ0v) is 19.8. The topological polar surface area (TPSA) is 69.3 Å². The van der Waals surface area contributed by atoms with E-state index in [1.807, 2.05) is 19.9 Å². The summed E-state index contributed by atoms with van der Waals surface area (Å²) in [6.07, 6.45) is 4.73. The maximum absolute atomic E-state index is 13.1. The number of aromatic nitrogens is 1. The van der Waals surface area contributed by atoms with Crippen molar-refractivity contribution in [1.82, 2.24) is 9.47 Å². The monoisotopic (exact) mass is 444 g/mol. The molecule has 0 saturated carbocycles. The largest absolute Gasteiger partial charge is 0.357 e. The van der Waals surface area contributed by atoms with Crippen LogP contribution in [0, 0.1) is 24.2 Å². The molecule has 3 heterocycles. The third kappa shape index (κ3) is 3.93. The summed E-state index contributed by atoms with van der Waals surface area (Å²) >= 11 is 6.75. The molecule has 3 rings (SSSR count). The van der Waals surface area contributed by atoms with Crippen molar-refractivity contribution in [2.75, 3.05) is 18.0 Å². The number of piperidine rings is 1. The Morgan fingerprint density at radius 3 is 2.53 bits per heavy atom. The fourth-order valence-corrected chi connectivity index (χ4v) is 5.43. The van der Waals surface area contributed by atoms with Crippen LogP contribution in [0.2, 0.25) is 0 Å². The second kappa shape index (κ2) is 8.94. The number of thiocarbonyl (C=S) groups is 1. The van der Waals surface area contributed by atoms with Gasteiger partial charge in [-0.3, -0.25) is 19.1 Å². The molecule has 2 saturated heterocycles. The number of hydrogen-bond donors (Lipinski definition) is 0. The van der Waals surface area contributed by atoms with Crippen LogP contribution in [0.4, 0.5) is 5.82 Å². The number of hydrogen-bond acceptors (Lipinski definition) is 6. The number of nitrogens with zero attached hydrogens (tertiary/aromatic N) is 4. The van der Waals surface area contributed by atoms with Gasteiger partial charge in [0.1, 0.15) is 21.8 Å². The minimum atomic E-state index is -0.298. The number of pyridine rings is 1. The first-order chi connectivity index (χ1) is 14.2. The summed E-state index contributed by atoms with van der Waals surface area (Å²) in [5.41, 5.74) is 1.19. The minimum absolute atomic E-state index is 0.0300. The SMILES string of the molecule is CC[C@@H](C)N1C(=O)/C(=C\c2c(C)c(C#N)c(=O)n(C)c2N2CCC(C)CC2)SC1=S. The van der Waals surface area contributed by atoms with Gasteiger partial charge >= 0.3 is 0 Å². The molecule has 160 valence electrons. The molecule has 2 fully saturated rings. The second-order valence-corrected chi connectivity index (χ2v) is 9.87. The van der Waals surface area contributed by atoms with Gasteiger partial charge in [-0.1, -0.05) is 37.8 Å². The highest BCUT2D eigenvalue weighted by molar-refractivity contribution is 8.26. The highest BCUT2D eigenvalue weighted by Crippen LogP contribution is 2.37. The van der Waals surface area contributed by atoms with E-state index in [0.717, 1.165) is 43.7 Å². The van der Waals surface area contributed by atoms with Crippen LogP contribution in [0.5, 0.6) is 0 Å². The average molecular weight is 445 g/mol. The molecule has 0 spiro atoms. The van der Waals surface area contributed by atoms with E-state index in [2.05, 4.69) is 17.9 Å². The molecule has 1 amide bonds. The number of thioether (sulfide) groups is 1. The van der Waals surface area contributed by atoms with Crippen molar-refractivity contribution in [2.45, 2.75) is 53.0 Å².